The van der Waals surface area contributed by atoms with Crippen LogP contribution in [0.3, 0.4) is 0 Å². The van der Waals surface area contributed by atoms with Crippen molar-refractivity contribution in [1.82, 2.24) is 9.55 Å². The number of fused-ring (bicyclic) bond motifs is 1. The largest absolute Gasteiger partial charge is 0.327 e. The van der Waals surface area contributed by atoms with Gasteiger partial charge < -0.3 is 4.57 Å². The molecular formula is C15H22N2. The van der Waals surface area contributed by atoms with Gasteiger partial charge in [-0.1, -0.05) is 39.8 Å². The molecule has 1 fully saturated rings. The number of aromatic nitrogens is 2. The third-order valence-corrected chi connectivity index (χ3v) is 3.45. The van der Waals surface area contributed by atoms with Crippen LogP contribution in [0, 0.1) is 5.41 Å². The lowest BCUT2D eigenvalue weighted by molar-refractivity contribution is 0.107. The fourth-order valence-electron chi connectivity index (χ4n) is 2.68. The first-order valence-corrected chi connectivity index (χ1v) is 6.57. The van der Waals surface area contributed by atoms with Gasteiger partial charge in [-0.05, 0) is 30.4 Å². The quantitative estimate of drug-likeness (QED) is 0.709. The second-order valence-corrected chi connectivity index (χ2v) is 5.37. The lowest BCUT2D eigenvalue weighted by Crippen LogP contribution is -2.33. The van der Waals surface area contributed by atoms with E-state index >= 15 is 0 Å². The van der Waals surface area contributed by atoms with Gasteiger partial charge in [-0.2, -0.15) is 0 Å². The van der Waals surface area contributed by atoms with Crippen LogP contribution in [-0.2, 0) is 0 Å². The van der Waals surface area contributed by atoms with E-state index in [9.17, 15) is 0 Å². The van der Waals surface area contributed by atoms with E-state index in [4.69, 9.17) is 0 Å². The predicted octanol–water partition coefficient (Wildman–Crippen LogP) is 4.42. The highest BCUT2D eigenvalue weighted by Gasteiger charge is 2.37. The molecule has 0 atom stereocenters. The van der Waals surface area contributed by atoms with Gasteiger partial charge >= 0.3 is 0 Å². The summed E-state index contributed by atoms with van der Waals surface area (Å²) >= 11 is 0. The van der Waals surface area contributed by atoms with E-state index in [2.05, 4.69) is 41.6 Å². The Balaban J connectivity index is 0.000000514. The molecule has 0 saturated heterocycles. The Morgan fingerprint density at radius 1 is 1.18 bits per heavy atom. The summed E-state index contributed by atoms with van der Waals surface area (Å²) < 4.78 is 2.33. The smallest absolute Gasteiger partial charge is 0.0960 e. The molecule has 1 aromatic carbocycles. The first-order valence-electron chi connectivity index (χ1n) is 6.57. The van der Waals surface area contributed by atoms with Gasteiger partial charge in [0, 0.05) is 6.04 Å². The minimum Gasteiger partial charge on any atom is -0.327 e. The summed E-state index contributed by atoms with van der Waals surface area (Å²) in [7, 11) is 0. The minimum absolute atomic E-state index is 0.524. The molecule has 2 aromatic rings. The number of rotatable bonds is 1. The minimum atomic E-state index is 0.524. The summed E-state index contributed by atoms with van der Waals surface area (Å²) in [5, 5.41) is 0. The van der Waals surface area contributed by atoms with Crippen LogP contribution < -0.4 is 0 Å². The molecule has 1 aliphatic carbocycles. The monoisotopic (exact) mass is 230 g/mol. The summed E-state index contributed by atoms with van der Waals surface area (Å²) in [4.78, 5) is 4.43. The number of para-hydroxylation sites is 2. The van der Waals surface area contributed by atoms with Crippen molar-refractivity contribution in [1.29, 1.82) is 0 Å². The van der Waals surface area contributed by atoms with E-state index in [0.29, 0.717) is 11.5 Å². The van der Waals surface area contributed by atoms with Crippen molar-refractivity contribution in [2.45, 2.75) is 46.6 Å². The van der Waals surface area contributed by atoms with Gasteiger partial charge in [-0.3, -0.25) is 0 Å². The van der Waals surface area contributed by atoms with Crippen LogP contribution in [0.25, 0.3) is 11.0 Å². The molecule has 3 rings (SSSR count). The third-order valence-electron chi connectivity index (χ3n) is 3.45. The van der Waals surface area contributed by atoms with E-state index in [0.717, 1.165) is 5.52 Å². The number of hydrogen-bond acceptors (Lipinski definition) is 1. The molecule has 1 aromatic heterocycles. The number of nitrogens with zero attached hydrogens (tertiary/aromatic N) is 2. The fraction of sp³-hybridized carbons (Fsp3) is 0.533. The van der Waals surface area contributed by atoms with E-state index in [1.165, 1.54) is 18.4 Å². The molecule has 0 aliphatic heterocycles. The molecule has 0 unspecified atom stereocenters. The second-order valence-electron chi connectivity index (χ2n) is 5.37. The molecule has 1 aliphatic rings. The summed E-state index contributed by atoms with van der Waals surface area (Å²) in [5.41, 5.74) is 2.91. The highest BCUT2D eigenvalue weighted by molar-refractivity contribution is 5.75. The van der Waals surface area contributed by atoms with E-state index in [-0.39, 0.29) is 0 Å². The maximum Gasteiger partial charge on any atom is 0.0960 e. The third kappa shape index (κ3) is 2.21. The molecule has 0 radical (unpaired) electrons. The van der Waals surface area contributed by atoms with E-state index in [1.807, 2.05) is 26.2 Å². The highest BCUT2D eigenvalue weighted by Crippen LogP contribution is 2.48. The maximum absolute atomic E-state index is 4.43. The molecule has 0 spiro atoms. The average Bonchev–Trinajstić information content (AvgIpc) is 2.72. The van der Waals surface area contributed by atoms with Crippen molar-refractivity contribution in [2.24, 2.45) is 5.41 Å². The van der Waals surface area contributed by atoms with Crippen molar-refractivity contribution >= 4 is 11.0 Å². The second kappa shape index (κ2) is 4.52. The molecule has 2 heteroatoms. The Morgan fingerprint density at radius 3 is 2.47 bits per heavy atom. The van der Waals surface area contributed by atoms with Crippen LogP contribution >= 0.6 is 0 Å². The lowest BCUT2D eigenvalue weighted by atomic mass is 9.68. The number of benzene rings is 1. The van der Waals surface area contributed by atoms with E-state index in [1.54, 1.807) is 0 Å². The maximum atomic E-state index is 4.43. The Kier molecular flexibility index (Phi) is 3.23. The van der Waals surface area contributed by atoms with Crippen LogP contribution in [0.1, 0.15) is 46.6 Å². The van der Waals surface area contributed by atoms with Crippen molar-refractivity contribution in [2.75, 3.05) is 0 Å². The van der Waals surface area contributed by atoms with Gasteiger partial charge in [0.05, 0.1) is 17.4 Å². The molecule has 0 bridgehead atoms. The Morgan fingerprint density at radius 2 is 1.82 bits per heavy atom. The molecular weight excluding hydrogens is 208 g/mol. The summed E-state index contributed by atoms with van der Waals surface area (Å²) in [6.07, 6.45) is 4.53. The number of hydrogen-bond donors (Lipinski definition) is 0. The molecule has 1 saturated carbocycles. The molecule has 0 N–H and O–H groups in total. The van der Waals surface area contributed by atoms with Gasteiger partial charge in [0.15, 0.2) is 0 Å². The topological polar surface area (TPSA) is 17.8 Å². The van der Waals surface area contributed by atoms with Gasteiger partial charge in [0.25, 0.3) is 0 Å². The van der Waals surface area contributed by atoms with Crippen LogP contribution in [-0.4, -0.2) is 9.55 Å². The van der Waals surface area contributed by atoms with Crippen LogP contribution in [0.2, 0.25) is 0 Å². The molecule has 0 amide bonds. The van der Waals surface area contributed by atoms with Gasteiger partial charge in [0.1, 0.15) is 0 Å². The normalized spacial score (nSPS) is 18.4. The molecule has 17 heavy (non-hydrogen) atoms. The van der Waals surface area contributed by atoms with Crippen molar-refractivity contribution in [3.63, 3.8) is 0 Å². The van der Waals surface area contributed by atoms with Gasteiger partial charge in [-0.25, -0.2) is 4.98 Å². The summed E-state index contributed by atoms with van der Waals surface area (Å²) in [6, 6.07) is 9.03. The van der Waals surface area contributed by atoms with Crippen LogP contribution in [0.4, 0.5) is 0 Å². The predicted molar refractivity (Wildman–Crippen MR) is 73.1 cm³/mol. The Labute approximate surface area is 104 Å². The summed E-state index contributed by atoms with van der Waals surface area (Å²) in [6.45, 7) is 8.67. The number of imidazole rings is 1. The average molecular weight is 230 g/mol. The van der Waals surface area contributed by atoms with Gasteiger partial charge in [0.2, 0.25) is 0 Å². The van der Waals surface area contributed by atoms with E-state index < -0.39 is 0 Å². The van der Waals surface area contributed by atoms with Crippen LogP contribution in [0.15, 0.2) is 30.6 Å². The molecule has 1 heterocycles. The van der Waals surface area contributed by atoms with Crippen LogP contribution in [0.5, 0.6) is 0 Å². The SMILES string of the molecule is CC.CC1(C)CC(n2cnc3ccccc32)C1. The fourth-order valence-corrected chi connectivity index (χ4v) is 2.68. The molecule has 2 nitrogen and oxygen atoms in total. The Bertz CT molecular complexity index is 488. The zero-order valence-electron chi connectivity index (χ0n) is 11.3. The summed E-state index contributed by atoms with van der Waals surface area (Å²) in [5.74, 6) is 0. The Hall–Kier alpha value is -1.31. The van der Waals surface area contributed by atoms with Crippen molar-refractivity contribution in [3.8, 4) is 0 Å². The first kappa shape index (κ1) is 12.2. The standard InChI is InChI=1S/C13H16N2.C2H6/c1-13(2)7-10(8-13)15-9-14-11-5-3-4-6-12(11)15;1-2/h3-6,9-10H,7-8H2,1-2H3;1-2H3. The van der Waals surface area contributed by atoms with Crippen molar-refractivity contribution in [3.05, 3.63) is 30.6 Å². The zero-order valence-corrected chi connectivity index (χ0v) is 11.3. The lowest BCUT2D eigenvalue weighted by Gasteiger charge is -2.43. The molecule has 92 valence electrons. The van der Waals surface area contributed by atoms with Gasteiger partial charge in [-0.15, -0.1) is 0 Å². The highest BCUT2D eigenvalue weighted by atomic mass is 15.1. The first-order chi connectivity index (χ1) is 8.16. The van der Waals surface area contributed by atoms with Crippen molar-refractivity contribution < 1.29 is 0 Å². The zero-order chi connectivity index (χ0) is 12.5.